The van der Waals surface area contributed by atoms with Crippen LogP contribution in [0.5, 0.6) is 0 Å². The maximum Gasteiger partial charge on any atom is 0.337 e. The molecule has 3 aromatic rings. The van der Waals surface area contributed by atoms with Crippen molar-refractivity contribution in [2.45, 2.75) is 13.5 Å². The fraction of sp³-hybridized carbons (Fsp3) is 0.333. The molecule has 0 amide bonds. The maximum absolute atomic E-state index is 11.6. The Balaban J connectivity index is 1.39. The minimum Gasteiger partial charge on any atom is -0.465 e. The standard InChI is InChI=1S/C21H23N5O3/c1-15-18(14-25-10-12-26(13-11-25)21-22-8-3-9-23-21)24-19(29-15)16-4-6-17(7-5-16)20(27)28-2/h3-9H,10-14H2,1-2H3. The molecule has 1 fully saturated rings. The van der Waals surface area contributed by atoms with E-state index in [0.29, 0.717) is 11.5 Å². The predicted molar refractivity (Wildman–Crippen MR) is 108 cm³/mol. The smallest absolute Gasteiger partial charge is 0.337 e. The van der Waals surface area contributed by atoms with E-state index in [4.69, 9.17) is 9.15 Å². The second-order valence-electron chi connectivity index (χ2n) is 6.90. The molecular weight excluding hydrogens is 370 g/mol. The van der Waals surface area contributed by atoms with Crippen molar-refractivity contribution in [2.75, 3.05) is 38.2 Å². The number of aromatic nitrogens is 3. The third-order valence-corrected chi connectivity index (χ3v) is 5.03. The van der Waals surface area contributed by atoms with Crippen molar-refractivity contribution in [3.63, 3.8) is 0 Å². The number of carbonyl (C=O) groups excluding carboxylic acids is 1. The van der Waals surface area contributed by atoms with Crippen LogP contribution in [0.15, 0.2) is 47.1 Å². The van der Waals surface area contributed by atoms with Crippen LogP contribution >= 0.6 is 0 Å². The summed E-state index contributed by atoms with van der Waals surface area (Å²) in [5.41, 5.74) is 2.26. The van der Waals surface area contributed by atoms with Crippen LogP contribution < -0.4 is 4.90 Å². The normalized spacial score (nSPS) is 14.8. The lowest BCUT2D eigenvalue weighted by atomic mass is 10.1. The van der Waals surface area contributed by atoms with Crippen LogP contribution in [-0.4, -0.2) is 59.1 Å². The summed E-state index contributed by atoms with van der Waals surface area (Å²) in [6.07, 6.45) is 3.54. The summed E-state index contributed by atoms with van der Waals surface area (Å²) in [5, 5.41) is 0. The molecule has 1 aromatic carbocycles. The van der Waals surface area contributed by atoms with E-state index in [0.717, 1.165) is 55.7 Å². The van der Waals surface area contributed by atoms with Gasteiger partial charge in [0.2, 0.25) is 11.8 Å². The van der Waals surface area contributed by atoms with Crippen LogP contribution in [0.3, 0.4) is 0 Å². The van der Waals surface area contributed by atoms with Crippen molar-refractivity contribution >= 4 is 11.9 Å². The summed E-state index contributed by atoms with van der Waals surface area (Å²) in [6, 6.07) is 8.89. The Labute approximate surface area is 169 Å². The number of carbonyl (C=O) groups is 1. The largest absolute Gasteiger partial charge is 0.465 e. The summed E-state index contributed by atoms with van der Waals surface area (Å²) in [6.45, 7) is 6.24. The molecule has 0 saturated carbocycles. The fourth-order valence-corrected chi connectivity index (χ4v) is 3.34. The fourth-order valence-electron chi connectivity index (χ4n) is 3.34. The van der Waals surface area contributed by atoms with Gasteiger partial charge >= 0.3 is 5.97 Å². The monoisotopic (exact) mass is 393 g/mol. The summed E-state index contributed by atoms with van der Waals surface area (Å²) >= 11 is 0. The van der Waals surface area contributed by atoms with E-state index in [9.17, 15) is 4.79 Å². The zero-order valence-electron chi connectivity index (χ0n) is 16.5. The number of piperazine rings is 1. The molecular formula is C21H23N5O3. The van der Waals surface area contributed by atoms with E-state index in [-0.39, 0.29) is 5.97 Å². The van der Waals surface area contributed by atoms with Gasteiger partial charge in [-0.3, -0.25) is 4.90 Å². The van der Waals surface area contributed by atoms with Gasteiger partial charge in [-0.15, -0.1) is 0 Å². The molecule has 150 valence electrons. The summed E-state index contributed by atoms with van der Waals surface area (Å²) in [5.74, 6) is 1.79. The number of oxazole rings is 1. The minimum atomic E-state index is -0.360. The summed E-state index contributed by atoms with van der Waals surface area (Å²) < 4.78 is 10.6. The molecule has 4 rings (SSSR count). The highest BCUT2D eigenvalue weighted by atomic mass is 16.5. The number of ether oxygens (including phenoxy) is 1. The van der Waals surface area contributed by atoms with Crippen molar-refractivity contribution in [3.8, 4) is 11.5 Å². The van der Waals surface area contributed by atoms with Gasteiger partial charge in [-0.2, -0.15) is 0 Å². The number of esters is 1. The van der Waals surface area contributed by atoms with E-state index in [1.165, 1.54) is 7.11 Å². The molecule has 8 nitrogen and oxygen atoms in total. The van der Waals surface area contributed by atoms with Gasteiger partial charge in [0.05, 0.1) is 18.4 Å². The van der Waals surface area contributed by atoms with Crippen LogP contribution in [-0.2, 0) is 11.3 Å². The number of benzene rings is 1. The average molecular weight is 393 g/mol. The summed E-state index contributed by atoms with van der Waals surface area (Å²) in [4.78, 5) is 29.5. The third-order valence-electron chi connectivity index (χ3n) is 5.03. The number of nitrogens with zero attached hydrogens (tertiary/aromatic N) is 5. The Morgan fingerprint density at radius 1 is 1.10 bits per heavy atom. The molecule has 0 bridgehead atoms. The molecule has 0 spiro atoms. The highest BCUT2D eigenvalue weighted by Crippen LogP contribution is 2.23. The zero-order chi connectivity index (χ0) is 20.2. The van der Waals surface area contributed by atoms with Gasteiger partial charge in [-0.1, -0.05) is 0 Å². The van der Waals surface area contributed by atoms with Crippen molar-refractivity contribution < 1.29 is 13.9 Å². The first kappa shape index (κ1) is 19.1. The Bertz CT molecular complexity index is 964. The van der Waals surface area contributed by atoms with Crippen molar-refractivity contribution in [1.29, 1.82) is 0 Å². The minimum absolute atomic E-state index is 0.360. The number of hydrogen-bond acceptors (Lipinski definition) is 8. The third kappa shape index (κ3) is 4.27. The average Bonchev–Trinajstić information content (AvgIpc) is 3.14. The van der Waals surface area contributed by atoms with Crippen molar-refractivity contribution in [3.05, 3.63) is 59.7 Å². The number of hydrogen-bond donors (Lipinski definition) is 0. The SMILES string of the molecule is COC(=O)c1ccc(-c2nc(CN3CCN(c4ncccn4)CC3)c(C)o2)cc1. The van der Waals surface area contributed by atoms with E-state index < -0.39 is 0 Å². The molecule has 8 heteroatoms. The maximum atomic E-state index is 11.6. The number of anilines is 1. The van der Waals surface area contributed by atoms with E-state index >= 15 is 0 Å². The van der Waals surface area contributed by atoms with Crippen molar-refractivity contribution in [1.82, 2.24) is 19.9 Å². The molecule has 29 heavy (non-hydrogen) atoms. The second kappa shape index (κ2) is 8.40. The highest BCUT2D eigenvalue weighted by molar-refractivity contribution is 5.89. The highest BCUT2D eigenvalue weighted by Gasteiger charge is 2.21. The molecule has 1 aliphatic heterocycles. The van der Waals surface area contributed by atoms with Gasteiger partial charge in [-0.25, -0.2) is 19.7 Å². The Kier molecular flexibility index (Phi) is 5.53. The van der Waals surface area contributed by atoms with E-state index in [1.807, 2.05) is 25.1 Å². The Morgan fingerprint density at radius 3 is 2.45 bits per heavy atom. The first-order valence-electron chi connectivity index (χ1n) is 9.53. The van der Waals surface area contributed by atoms with Crippen molar-refractivity contribution in [2.24, 2.45) is 0 Å². The van der Waals surface area contributed by atoms with Gasteiger partial charge in [-0.05, 0) is 37.3 Å². The Hall–Kier alpha value is -3.26. The van der Waals surface area contributed by atoms with Gasteiger partial charge in [0.15, 0.2) is 0 Å². The number of aryl methyl sites for hydroxylation is 1. The molecule has 1 aliphatic rings. The van der Waals surface area contributed by atoms with Crippen LogP contribution in [0, 0.1) is 6.92 Å². The molecule has 0 N–H and O–H groups in total. The second-order valence-corrected chi connectivity index (χ2v) is 6.90. The first-order chi connectivity index (χ1) is 14.1. The lowest BCUT2D eigenvalue weighted by Crippen LogP contribution is -2.46. The lowest BCUT2D eigenvalue weighted by Gasteiger charge is -2.34. The number of methoxy groups -OCH3 is 1. The number of rotatable bonds is 5. The Morgan fingerprint density at radius 2 is 1.79 bits per heavy atom. The van der Waals surface area contributed by atoms with E-state index in [2.05, 4.69) is 24.8 Å². The van der Waals surface area contributed by atoms with Gasteiger partial charge in [0, 0.05) is 50.7 Å². The lowest BCUT2D eigenvalue weighted by molar-refractivity contribution is 0.0600. The quantitative estimate of drug-likeness (QED) is 0.612. The molecule has 0 radical (unpaired) electrons. The molecule has 0 unspecified atom stereocenters. The summed E-state index contributed by atoms with van der Waals surface area (Å²) in [7, 11) is 1.37. The molecule has 0 aliphatic carbocycles. The van der Waals surface area contributed by atoms with Crippen LogP contribution in [0.4, 0.5) is 5.95 Å². The molecule has 3 heterocycles. The van der Waals surface area contributed by atoms with Gasteiger partial charge in [0.25, 0.3) is 0 Å². The first-order valence-corrected chi connectivity index (χ1v) is 9.53. The van der Waals surface area contributed by atoms with Crippen LogP contribution in [0.1, 0.15) is 21.8 Å². The van der Waals surface area contributed by atoms with Crippen LogP contribution in [0.2, 0.25) is 0 Å². The topological polar surface area (TPSA) is 84.6 Å². The van der Waals surface area contributed by atoms with E-state index in [1.54, 1.807) is 24.5 Å². The van der Waals surface area contributed by atoms with Gasteiger partial charge < -0.3 is 14.1 Å². The molecule has 1 saturated heterocycles. The molecule has 2 aromatic heterocycles. The zero-order valence-corrected chi connectivity index (χ0v) is 16.5. The van der Waals surface area contributed by atoms with Crippen LogP contribution in [0.25, 0.3) is 11.5 Å². The van der Waals surface area contributed by atoms with Gasteiger partial charge in [0.1, 0.15) is 5.76 Å². The predicted octanol–water partition coefficient (Wildman–Crippen LogP) is 2.55. The molecule has 0 atom stereocenters.